The van der Waals surface area contributed by atoms with Gasteiger partial charge < -0.3 is 10.3 Å². The maximum absolute atomic E-state index is 13.5. The van der Waals surface area contributed by atoms with Gasteiger partial charge in [0, 0.05) is 0 Å². The van der Waals surface area contributed by atoms with Gasteiger partial charge in [-0.25, -0.2) is 8.78 Å². The van der Waals surface area contributed by atoms with E-state index in [1.54, 1.807) is 0 Å². The zero-order chi connectivity index (χ0) is 11.0. The third kappa shape index (κ3) is 1.55. The molecular weight excluding hydrogens is 226 g/mol. The third-order valence-electron chi connectivity index (χ3n) is 1.91. The third-order valence-corrected chi connectivity index (χ3v) is 2.20. The van der Waals surface area contributed by atoms with Gasteiger partial charge in [-0.15, -0.1) is 0 Å². The summed E-state index contributed by atoms with van der Waals surface area (Å²) in [7, 11) is 0. The number of hydrogen-bond acceptors (Lipinski definition) is 3. The molecule has 0 atom stereocenters. The molecule has 0 unspecified atom stereocenters. The smallest absolute Gasteiger partial charge is 0.230 e. The van der Waals surface area contributed by atoms with Crippen molar-refractivity contribution in [3.8, 4) is 11.1 Å². The fourth-order valence-electron chi connectivity index (χ4n) is 1.21. The minimum atomic E-state index is -0.883. The molecule has 0 amide bonds. The highest BCUT2D eigenvalue weighted by Gasteiger charge is 2.18. The molecule has 3 nitrogen and oxygen atoms in total. The molecule has 0 fully saturated rings. The molecule has 0 radical (unpaired) electrons. The molecule has 0 aliphatic carbocycles. The van der Waals surface area contributed by atoms with Crippen molar-refractivity contribution in [2.75, 3.05) is 5.73 Å². The lowest BCUT2D eigenvalue weighted by atomic mass is 10.1. The van der Waals surface area contributed by atoms with Crippen molar-refractivity contribution in [1.29, 1.82) is 0 Å². The van der Waals surface area contributed by atoms with E-state index in [1.165, 1.54) is 0 Å². The van der Waals surface area contributed by atoms with Gasteiger partial charge >= 0.3 is 0 Å². The number of rotatable bonds is 1. The van der Waals surface area contributed by atoms with Gasteiger partial charge in [0.15, 0.2) is 5.82 Å². The molecule has 0 aliphatic rings. The Hall–Kier alpha value is -1.62. The second-order valence-corrected chi connectivity index (χ2v) is 3.23. The van der Waals surface area contributed by atoms with Gasteiger partial charge in [-0.05, 0) is 12.1 Å². The van der Waals surface area contributed by atoms with Crippen molar-refractivity contribution < 1.29 is 13.3 Å². The van der Waals surface area contributed by atoms with Crippen LogP contribution in [0.3, 0.4) is 0 Å². The van der Waals surface area contributed by atoms with Gasteiger partial charge in [-0.1, -0.05) is 16.8 Å². The van der Waals surface area contributed by atoms with Crippen molar-refractivity contribution >= 4 is 17.5 Å². The zero-order valence-corrected chi connectivity index (χ0v) is 8.05. The fraction of sp³-hybridized carbons (Fsp3) is 0. The van der Waals surface area contributed by atoms with Crippen LogP contribution in [0.4, 0.5) is 14.7 Å². The minimum absolute atomic E-state index is 0.0486. The van der Waals surface area contributed by atoms with Crippen LogP contribution in [-0.4, -0.2) is 5.16 Å². The summed E-state index contributed by atoms with van der Waals surface area (Å²) in [4.78, 5) is 0. The summed E-state index contributed by atoms with van der Waals surface area (Å²) in [6.07, 6.45) is 1.13. The lowest BCUT2D eigenvalue weighted by Crippen LogP contribution is -1.93. The highest BCUT2D eigenvalue weighted by Crippen LogP contribution is 2.33. The summed E-state index contributed by atoms with van der Waals surface area (Å²) in [6, 6.07) is 2.17. The summed E-state index contributed by atoms with van der Waals surface area (Å²) in [5.41, 5.74) is 5.07. The quantitative estimate of drug-likeness (QED) is 0.767. The molecule has 1 aromatic heterocycles. The van der Waals surface area contributed by atoms with Crippen LogP contribution in [0.2, 0.25) is 5.02 Å². The van der Waals surface area contributed by atoms with Crippen LogP contribution >= 0.6 is 11.6 Å². The summed E-state index contributed by atoms with van der Waals surface area (Å²) in [6.45, 7) is 0. The molecule has 1 heterocycles. The van der Waals surface area contributed by atoms with Crippen LogP contribution in [0.1, 0.15) is 0 Å². The van der Waals surface area contributed by atoms with E-state index >= 15 is 0 Å². The van der Waals surface area contributed by atoms with Gasteiger partial charge in [0.1, 0.15) is 5.82 Å². The first-order chi connectivity index (χ1) is 7.11. The molecule has 2 rings (SSSR count). The van der Waals surface area contributed by atoms with E-state index in [9.17, 15) is 8.78 Å². The molecule has 0 bridgehead atoms. The van der Waals surface area contributed by atoms with Crippen molar-refractivity contribution in [3.05, 3.63) is 35.0 Å². The van der Waals surface area contributed by atoms with Crippen LogP contribution in [0.5, 0.6) is 0 Å². The topological polar surface area (TPSA) is 52.0 Å². The van der Waals surface area contributed by atoms with E-state index in [0.717, 1.165) is 18.3 Å². The van der Waals surface area contributed by atoms with E-state index in [4.69, 9.17) is 17.3 Å². The fourth-order valence-corrected chi connectivity index (χ4v) is 1.37. The number of benzene rings is 1. The summed E-state index contributed by atoms with van der Waals surface area (Å²) < 4.78 is 31.4. The predicted octanol–water partition coefficient (Wildman–Crippen LogP) is 2.86. The molecule has 1 aromatic carbocycles. The Morgan fingerprint density at radius 2 is 2.07 bits per heavy atom. The van der Waals surface area contributed by atoms with Crippen molar-refractivity contribution in [2.24, 2.45) is 0 Å². The summed E-state index contributed by atoms with van der Waals surface area (Å²) in [5, 5.41) is 3.15. The second-order valence-electron chi connectivity index (χ2n) is 2.82. The van der Waals surface area contributed by atoms with E-state index in [-0.39, 0.29) is 22.0 Å². The average molecular weight is 231 g/mol. The first-order valence-corrected chi connectivity index (χ1v) is 4.33. The molecule has 2 aromatic rings. The molecule has 0 spiro atoms. The number of aromatic nitrogens is 1. The molecule has 6 heteroatoms. The minimum Gasteiger partial charge on any atom is -0.367 e. The Labute approximate surface area is 88.4 Å². The van der Waals surface area contributed by atoms with Crippen LogP contribution < -0.4 is 5.73 Å². The maximum Gasteiger partial charge on any atom is 0.230 e. The molecule has 2 N–H and O–H groups in total. The monoisotopic (exact) mass is 230 g/mol. The normalized spacial score (nSPS) is 10.6. The zero-order valence-electron chi connectivity index (χ0n) is 7.30. The lowest BCUT2D eigenvalue weighted by molar-refractivity contribution is 0.436. The van der Waals surface area contributed by atoms with Crippen LogP contribution in [0.15, 0.2) is 22.9 Å². The van der Waals surface area contributed by atoms with Crippen molar-refractivity contribution in [2.45, 2.75) is 0 Å². The van der Waals surface area contributed by atoms with Crippen LogP contribution in [0, 0.1) is 11.6 Å². The molecule has 78 valence electrons. The van der Waals surface area contributed by atoms with Crippen LogP contribution in [-0.2, 0) is 0 Å². The summed E-state index contributed by atoms with van der Waals surface area (Å²) in [5.74, 6) is -1.81. The highest BCUT2D eigenvalue weighted by atomic mass is 35.5. The number of anilines is 1. The Morgan fingerprint density at radius 3 is 2.67 bits per heavy atom. The van der Waals surface area contributed by atoms with E-state index in [2.05, 4.69) is 9.68 Å². The van der Waals surface area contributed by atoms with Crippen LogP contribution in [0.25, 0.3) is 11.1 Å². The molecule has 0 aliphatic heterocycles. The number of hydrogen-bond donors (Lipinski definition) is 1. The number of nitrogens with two attached hydrogens (primary N) is 1. The predicted molar refractivity (Wildman–Crippen MR) is 51.3 cm³/mol. The summed E-state index contributed by atoms with van der Waals surface area (Å²) >= 11 is 5.52. The molecule has 15 heavy (non-hydrogen) atoms. The van der Waals surface area contributed by atoms with Crippen molar-refractivity contribution in [3.63, 3.8) is 0 Å². The standard InChI is InChI=1S/C9H5ClF2N2O/c10-5-1-2-6(11)7(8(5)12)4-3-14-15-9(4)13/h1-3H,13H2. The SMILES string of the molecule is Nc1oncc1-c1c(F)ccc(Cl)c1F. The highest BCUT2D eigenvalue weighted by molar-refractivity contribution is 6.31. The van der Waals surface area contributed by atoms with Gasteiger partial charge in [0.25, 0.3) is 0 Å². The average Bonchev–Trinajstić information content (AvgIpc) is 2.60. The van der Waals surface area contributed by atoms with Crippen molar-refractivity contribution in [1.82, 2.24) is 5.16 Å². The lowest BCUT2D eigenvalue weighted by Gasteiger charge is -2.03. The maximum atomic E-state index is 13.5. The van der Waals surface area contributed by atoms with Gasteiger partial charge in [-0.3, -0.25) is 0 Å². The Balaban J connectivity index is 2.72. The second kappa shape index (κ2) is 3.51. The Morgan fingerprint density at radius 1 is 1.33 bits per heavy atom. The number of halogens is 3. The molecule has 0 saturated heterocycles. The number of nitrogen functional groups attached to an aromatic ring is 1. The Kier molecular flexibility index (Phi) is 2.32. The molecular formula is C9H5ClF2N2O. The van der Waals surface area contributed by atoms with Gasteiger partial charge in [-0.2, -0.15) is 0 Å². The van der Waals surface area contributed by atoms with E-state index in [1.807, 2.05) is 0 Å². The first kappa shape index (κ1) is 9.92. The largest absolute Gasteiger partial charge is 0.367 e. The number of nitrogens with zero attached hydrogens (tertiary/aromatic N) is 1. The first-order valence-electron chi connectivity index (χ1n) is 3.95. The van der Waals surface area contributed by atoms with E-state index < -0.39 is 11.6 Å². The molecule has 0 saturated carbocycles. The van der Waals surface area contributed by atoms with E-state index in [0.29, 0.717) is 0 Å². The Bertz CT molecular complexity index is 513. The van der Waals surface area contributed by atoms with Gasteiger partial charge in [0.2, 0.25) is 5.88 Å². The van der Waals surface area contributed by atoms with Gasteiger partial charge in [0.05, 0.1) is 22.3 Å².